The molecule has 1 amide bonds. The molecular formula is C22H36ClIN4O2. The molecule has 170 valence electrons. The molecule has 2 rings (SSSR count). The van der Waals surface area contributed by atoms with E-state index < -0.39 is 6.10 Å². The van der Waals surface area contributed by atoms with Crippen LogP contribution in [0.2, 0.25) is 5.02 Å². The average Bonchev–Trinajstić information content (AvgIpc) is 2.73. The number of benzene rings is 1. The zero-order valence-electron chi connectivity index (χ0n) is 18.2. The van der Waals surface area contributed by atoms with Gasteiger partial charge in [-0.1, -0.05) is 37.6 Å². The van der Waals surface area contributed by atoms with Gasteiger partial charge in [0, 0.05) is 36.6 Å². The minimum Gasteiger partial charge on any atom is -0.386 e. The molecule has 0 bridgehead atoms. The fourth-order valence-corrected chi connectivity index (χ4v) is 3.75. The topological polar surface area (TPSA) is 77.0 Å². The number of aliphatic hydroxyl groups is 1. The van der Waals surface area contributed by atoms with Gasteiger partial charge in [-0.3, -0.25) is 9.79 Å². The van der Waals surface area contributed by atoms with Crippen molar-refractivity contribution >= 4 is 47.4 Å². The molecule has 1 fully saturated rings. The van der Waals surface area contributed by atoms with Crippen molar-refractivity contribution in [1.82, 2.24) is 15.5 Å². The predicted octanol–water partition coefficient (Wildman–Crippen LogP) is 3.97. The van der Waals surface area contributed by atoms with Gasteiger partial charge in [0.15, 0.2) is 5.96 Å². The first-order chi connectivity index (χ1) is 14.0. The Labute approximate surface area is 202 Å². The third-order valence-corrected chi connectivity index (χ3v) is 5.76. The first-order valence-corrected chi connectivity index (χ1v) is 11.1. The molecule has 0 aliphatic carbocycles. The summed E-state index contributed by atoms with van der Waals surface area (Å²) in [7, 11) is 0. The van der Waals surface area contributed by atoms with Gasteiger partial charge in [0.05, 0.1) is 12.6 Å². The summed E-state index contributed by atoms with van der Waals surface area (Å²) in [6.45, 7) is 8.75. The summed E-state index contributed by atoms with van der Waals surface area (Å²) in [5, 5.41) is 17.7. The summed E-state index contributed by atoms with van der Waals surface area (Å²) in [6, 6.07) is 7.44. The fourth-order valence-electron chi connectivity index (χ4n) is 3.62. The van der Waals surface area contributed by atoms with E-state index in [2.05, 4.69) is 29.5 Å². The fraction of sp³-hybridized carbons (Fsp3) is 0.636. The van der Waals surface area contributed by atoms with Crippen LogP contribution in [0.3, 0.4) is 0 Å². The maximum atomic E-state index is 12.6. The lowest BCUT2D eigenvalue weighted by Crippen LogP contribution is -2.50. The zero-order valence-corrected chi connectivity index (χ0v) is 21.3. The molecule has 1 aromatic carbocycles. The first-order valence-electron chi connectivity index (χ1n) is 10.8. The Hall–Kier alpha value is -1.06. The quantitative estimate of drug-likeness (QED) is 0.260. The van der Waals surface area contributed by atoms with E-state index >= 15 is 0 Å². The number of hydrogen-bond donors (Lipinski definition) is 3. The number of piperidine rings is 1. The lowest BCUT2D eigenvalue weighted by atomic mass is 9.98. The molecule has 0 aromatic heterocycles. The number of carbonyl (C=O) groups excluding carboxylic acids is 1. The molecule has 8 heteroatoms. The zero-order chi connectivity index (χ0) is 21.2. The second kappa shape index (κ2) is 14.1. The van der Waals surface area contributed by atoms with Crippen molar-refractivity contribution < 1.29 is 9.90 Å². The second-order valence-electron chi connectivity index (χ2n) is 7.54. The molecule has 1 aromatic rings. The van der Waals surface area contributed by atoms with Crippen LogP contribution in [0, 0.1) is 5.92 Å². The Morgan fingerprint density at radius 2 is 1.80 bits per heavy atom. The van der Waals surface area contributed by atoms with Crippen molar-refractivity contribution in [2.24, 2.45) is 10.9 Å². The van der Waals surface area contributed by atoms with Crippen LogP contribution in [-0.2, 0) is 4.79 Å². The highest BCUT2D eigenvalue weighted by Crippen LogP contribution is 2.18. The third-order valence-electron chi connectivity index (χ3n) is 5.50. The van der Waals surface area contributed by atoms with Crippen LogP contribution in [-0.4, -0.2) is 54.1 Å². The molecule has 1 heterocycles. The average molecular weight is 551 g/mol. The largest absolute Gasteiger partial charge is 0.386 e. The molecular weight excluding hydrogens is 515 g/mol. The Morgan fingerprint density at radius 3 is 2.33 bits per heavy atom. The monoisotopic (exact) mass is 550 g/mol. The van der Waals surface area contributed by atoms with E-state index in [4.69, 9.17) is 11.6 Å². The lowest BCUT2D eigenvalue weighted by molar-refractivity contribution is -0.136. The Kier molecular flexibility index (Phi) is 12.7. The standard InChI is InChI=1S/C22H35ClN4O2.HI/c1-4-16(5-2)21(29)27-13-11-19(12-14-27)26-22(24-6-3)25-15-20(28)17-7-9-18(23)10-8-17;/h7-10,16,19-20,28H,4-6,11-15H2,1-3H3,(H2,24,25,26);1H. The van der Waals surface area contributed by atoms with Crippen LogP contribution in [0.25, 0.3) is 0 Å². The van der Waals surface area contributed by atoms with Gasteiger partial charge in [-0.2, -0.15) is 0 Å². The van der Waals surface area contributed by atoms with Crippen molar-refractivity contribution in [2.75, 3.05) is 26.2 Å². The lowest BCUT2D eigenvalue weighted by Gasteiger charge is -2.35. The van der Waals surface area contributed by atoms with E-state index in [-0.39, 0.29) is 42.5 Å². The first kappa shape index (κ1) is 27.0. The summed E-state index contributed by atoms with van der Waals surface area (Å²) < 4.78 is 0. The van der Waals surface area contributed by atoms with Crippen molar-refractivity contribution in [3.8, 4) is 0 Å². The summed E-state index contributed by atoms with van der Waals surface area (Å²) in [5.74, 6) is 1.14. The van der Waals surface area contributed by atoms with E-state index in [1.54, 1.807) is 12.1 Å². The summed E-state index contributed by atoms with van der Waals surface area (Å²) in [5.41, 5.74) is 0.794. The predicted molar refractivity (Wildman–Crippen MR) is 135 cm³/mol. The highest BCUT2D eigenvalue weighted by Gasteiger charge is 2.26. The number of likely N-dealkylation sites (tertiary alicyclic amines) is 1. The number of amides is 1. The van der Waals surface area contributed by atoms with E-state index in [1.807, 2.05) is 24.0 Å². The van der Waals surface area contributed by atoms with Crippen molar-refractivity contribution in [2.45, 2.75) is 58.6 Å². The molecule has 1 saturated heterocycles. The van der Waals surface area contributed by atoms with Crippen LogP contribution < -0.4 is 10.6 Å². The van der Waals surface area contributed by atoms with Gasteiger partial charge in [0.25, 0.3) is 0 Å². The molecule has 0 saturated carbocycles. The third kappa shape index (κ3) is 8.23. The SMILES string of the molecule is CCNC(=NCC(O)c1ccc(Cl)cc1)NC1CCN(C(=O)C(CC)CC)CC1.I. The van der Waals surface area contributed by atoms with Crippen LogP contribution >= 0.6 is 35.6 Å². The number of nitrogens with one attached hydrogen (secondary N) is 2. The van der Waals surface area contributed by atoms with Crippen LogP contribution in [0.5, 0.6) is 0 Å². The number of hydrogen-bond acceptors (Lipinski definition) is 3. The summed E-state index contributed by atoms with van der Waals surface area (Å²) >= 11 is 5.90. The molecule has 1 atom stereocenters. The van der Waals surface area contributed by atoms with Gasteiger partial charge in [-0.25, -0.2) is 0 Å². The van der Waals surface area contributed by atoms with Crippen molar-refractivity contribution in [3.05, 3.63) is 34.9 Å². The minimum atomic E-state index is -0.679. The van der Waals surface area contributed by atoms with E-state index in [0.717, 1.165) is 50.9 Å². The second-order valence-corrected chi connectivity index (χ2v) is 7.98. The Bertz CT molecular complexity index is 660. The smallest absolute Gasteiger partial charge is 0.225 e. The van der Waals surface area contributed by atoms with Gasteiger partial charge < -0.3 is 20.6 Å². The van der Waals surface area contributed by atoms with Crippen molar-refractivity contribution in [3.63, 3.8) is 0 Å². The molecule has 1 aliphatic rings. The number of aliphatic imine (C=N–C) groups is 1. The van der Waals surface area contributed by atoms with Gasteiger partial charge in [0.2, 0.25) is 5.91 Å². The molecule has 6 nitrogen and oxygen atoms in total. The van der Waals surface area contributed by atoms with Gasteiger partial charge in [-0.05, 0) is 50.3 Å². The Balaban J connectivity index is 0.00000450. The van der Waals surface area contributed by atoms with Crippen molar-refractivity contribution in [1.29, 1.82) is 0 Å². The number of guanidine groups is 1. The number of nitrogens with zero attached hydrogens (tertiary/aromatic N) is 2. The highest BCUT2D eigenvalue weighted by molar-refractivity contribution is 14.0. The van der Waals surface area contributed by atoms with E-state index in [0.29, 0.717) is 16.9 Å². The Morgan fingerprint density at radius 1 is 1.20 bits per heavy atom. The van der Waals surface area contributed by atoms with Gasteiger partial charge in [-0.15, -0.1) is 24.0 Å². The number of carbonyl (C=O) groups is 1. The maximum absolute atomic E-state index is 12.6. The number of rotatable bonds is 8. The maximum Gasteiger partial charge on any atom is 0.225 e. The van der Waals surface area contributed by atoms with Gasteiger partial charge >= 0.3 is 0 Å². The van der Waals surface area contributed by atoms with E-state index in [1.165, 1.54) is 0 Å². The molecule has 0 spiro atoms. The number of halogens is 2. The number of aliphatic hydroxyl groups excluding tert-OH is 1. The molecule has 3 N–H and O–H groups in total. The highest BCUT2D eigenvalue weighted by atomic mass is 127. The molecule has 30 heavy (non-hydrogen) atoms. The van der Waals surface area contributed by atoms with Crippen LogP contribution in [0.1, 0.15) is 58.1 Å². The summed E-state index contributed by atoms with van der Waals surface area (Å²) in [4.78, 5) is 19.1. The van der Waals surface area contributed by atoms with Crippen LogP contribution in [0.15, 0.2) is 29.3 Å². The molecule has 1 aliphatic heterocycles. The van der Waals surface area contributed by atoms with E-state index in [9.17, 15) is 9.90 Å². The summed E-state index contributed by atoms with van der Waals surface area (Å²) in [6.07, 6.45) is 2.93. The van der Waals surface area contributed by atoms with Crippen LogP contribution in [0.4, 0.5) is 0 Å². The normalized spacial score (nSPS) is 16.2. The minimum absolute atomic E-state index is 0. The molecule has 0 radical (unpaired) electrons. The molecule has 1 unspecified atom stereocenters. The van der Waals surface area contributed by atoms with Gasteiger partial charge in [0.1, 0.15) is 0 Å².